The number of aliphatic hydroxyl groups excluding tert-OH is 3. The van der Waals surface area contributed by atoms with Gasteiger partial charge in [-0.25, -0.2) is 0 Å². The van der Waals surface area contributed by atoms with Gasteiger partial charge in [0.15, 0.2) is 0 Å². The number of hydrogen-bond donors (Lipinski definition) is 3. The summed E-state index contributed by atoms with van der Waals surface area (Å²) in [6, 6.07) is 0. The fourth-order valence-corrected chi connectivity index (χ4v) is 1.50. The van der Waals surface area contributed by atoms with Crippen LogP contribution in [0.4, 0.5) is 0 Å². The molecular formula is C8H16O4. The molecule has 0 unspecified atom stereocenters. The lowest BCUT2D eigenvalue weighted by molar-refractivity contribution is -0.198. The van der Waals surface area contributed by atoms with Crippen molar-refractivity contribution in [3.05, 3.63) is 0 Å². The molecule has 5 atom stereocenters. The first-order valence-corrected chi connectivity index (χ1v) is 4.20. The second-order valence-corrected chi connectivity index (χ2v) is 3.40. The van der Waals surface area contributed by atoms with Crippen LogP contribution in [0, 0.1) is 5.92 Å². The second-order valence-electron chi connectivity index (χ2n) is 3.40. The van der Waals surface area contributed by atoms with Gasteiger partial charge in [-0.3, -0.25) is 0 Å². The Kier molecular flexibility index (Phi) is 3.06. The minimum absolute atomic E-state index is 0.116. The second kappa shape index (κ2) is 3.70. The van der Waals surface area contributed by atoms with Gasteiger partial charge in [0.05, 0.1) is 24.9 Å². The van der Waals surface area contributed by atoms with Gasteiger partial charge in [0.1, 0.15) is 6.10 Å². The summed E-state index contributed by atoms with van der Waals surface area (Å²) in [7, 11) is 0. The number of ether oxygens (including phenoxy) is 1. The van der Waals surface area contributed by atoms with Crippen LogP contribution in [0.3, 0.4) is 0 Å². The Hall–Kier alpha value is -0.160. The minimum Gasteiger partial charge on any atom is -0.394 e. The van der Waals surface area contributed by atoms with Crippen LogP contribution in [0.1, 0.15) is 13.8 Å². The van der Waals surface area contributed by atoms with Gasteiger partial charge in [-0.05, 0) is 6.92 Å². The third-order valence-electron chi connectivity index (χ3n) is 2.53. The van der Waals surface area contributed by atoms with Gasteiger partial charge >= 0.3 is 0 Å². The average Bonchev–Trinajstić information content (AvgIpc) is 2.08. The summed E-state index contributed by atoms with van der Waals surface area (Å²) in [6.07, 6.45) is -2.42. The first-order chi connectivity index (χ1) is 5.57. The molecule has 1 aliphatic heterocycles. The molecule has 1 aliphatic rings. The zero-order valence-electron chi connectivity index (χ0n) is 7.34. The van der Waals surface area contributed by atoms with E-state index in [0.717, 1.165) is 0 Å². The molecule has 0 bridgehead atoms. The summed E-state index contributed by atoms with van der Waals surface area (Å²) < 4.78 is 5.27. The topological polar surface area (TPSA) is 69.9 Å². The molecular weight excluding hydrogens is 160 g/mol. The maximum absolute atomic E-state index is 9.48. The number of rotatable bonds is 1. The largest absolute Gasteiger partial charge is 0.394 e. The monoisotopic (exact) mass is 176 g/mol. The fourth-order valence-electron chi connectivity index (χ4n) is 1.50. The molecule has 1 heterocycles. The van der Waals surface area contributed by atoms with Gasteiger partial charge < -0.3 is 20.1 Å². The molecule has 0 radical (unpaired) electrons. The molecule has 0 spiro atoms. The van der Waals surface area contributed by atoms with Gasteiger partial charge in [-0.1, -0.05) is 6.92 Å². The molecule has 4 heteroatoms. The lowest BCUT2D eigenvalue weighted by Gasteiger charge is -2.39. The Morgan fingerprint density at radius 2 is 1.75 bits per heavy atom. The van der Waals surface area contributed by atoms with Crippen molar-refractivity contribution in [2.24, 2.45) is 5.92 Å². The molecule has 1 saturated heterocycles. The van der Waals surface area contributed by atoms with E-state index in [1.54, 1.807) is 13.8 Å². The van der Waals surface area contributed by atoms with E-state index < -0.39 is 18.3 Å². The van der Waals surface area contributed by atoms with Gasteiger partial charge in [0.25, 0.3) is 0 Å². The zero-order valence-corrected chi connectivity index (χ0v) is 7.34. The van der Waals surface area contributed by atoms with Crippen LogP contribution >= 0.6 is 0 Å². The van der Waals surface area contributed by atoms with Crippen LogP contribution in [0.25, 0.3) is 0 Å². The normalized spacial score (nSPS) is 49.2. The Labute approximate surface area is 71.8 Å². The quantitative estimate of drug-likeness (QED) is 0.485. The summed E-state index contributed by atoms with van der Waals surface area (Å²) in [5.74, 6) is -0.221. The van der Waals surface area contributed by atoms with E-state index in [1.807, 2.05) is 0 Å². The Morgan fingerprint density at radius 1 is 1.17 bits per heavy atom. The van der Waals surface area contributed by atoms with E-state index >= 15 is 0 Å². The van der Waals surface area contributed by atoms with Crippen molar-refractivity contribution in [2.75, 3.05) is 6.61 Å². The van der Waals surface area contributed by atoms with E-state index in [4.69, 9.17) is 9.84 Å². The first kappa shape index (κ1) is 9.92. The first-order valence-electron chi connectivity index (χ1n) is 4.20. The van der Waals surface area contributed by atoms with E-state index in [9.17, 15) is 10.2 Å². The van der Waals surface area contributed by atoms with Crippen molar-refractivity contribution in [3.63, 3.8) is 0 Å². The Balaban J connectivity index is 2.63. The lowest BCUT2D eigenvalue weighted by Crippen LogP contribution is -2.53. The zero-order chi connectivity index (χ0) is 9.30. The molecule has 0 saturated carbocycles. The third kappa shape index (κ3) is 1.61. The highest BCUT2D eigenvalue weighted by atomic mass is 16.5. The summed E-state index contributed by atoms with van der Waals surface area (Å²) in [5, 5.41) is 27.7. The summed E-state index contributed by atoms with van der Waals surface area (Å²) in [4.78, 5) is 0. The molecule has 0 aliphatic carbocycles. The van der Waals surface area contributed by atoms with Crippen molar-refractivity contribution in [1.29, 1.82) is 0 Å². The highest BCUT2D eigenvalue weighted by Crippen LogP contribution is 2.25. The van der Waals surface area contributed by atoms with Crippen LogP contribution in [0.15, 0.2) is 0 Å². The van der Waals surface area contributed by atoms with E-state index in [0.29, 0.717) is 0 Å². The summed E-state index contributed by atoms with van der Waals surface area (Å²) in [6.45, 7) is 3.32. The Bertz CT molecular complexity index is 145. The van der Waals surface area contributed by atoms with Crippen LogP contribution in [-0.4, -0.2) is 46.3 Å². The molecule has 1 rings (SSSR count). The smallest absolute Gasteiger partial charge is 0.106 e. The van der Waals surface area contributed by atoms with E-state index in [1.165, 1.54) is 0 Å². The highest BCUT2D eigenvalue weighted by Gasteiger charge is 2.39. The van der Waals surface area contributed by atoms with Gasteiger partial charge in [-0.15, -0.1) is 0 Å². The lowest BCUT2D eigenvalue weighted by atomic mass is 9.89. The minimum atomic E-state index is -0.845. The van der Waals surface area contributed by atoms with Gasteiger partial charge in [0.2, 0.25) is 0 Å². The maximum atomic E-state index is 9.48. The summed E-state index contributed by atoms with van der Waals surface area (Å²) in [5.41, 5.74) is 0. The van der Waals surface area contributed by atoms with Crippen LogP contribution in [-0.2, 0) is 4.74 Å². The number of aliphatic hydroxyl groups is 3. The molecule has 12 heavy (non-hydrogen) atoms. The maximum Gasteiger partial charge on any atom is 0.106 e. The van der Waals surface area contributed by atoms with Crippen LogP contribution in [0.2, 0.25) is 0 Å². The SMILES string of the molecule is C[C@H]1[C@H](O)[C@@H](O)[C@H](C)O[C@@H]1CO. The molecule has 3 N–H and O–H groups in total. The number of hydrogen-bond acceptors (Lipinski definition) is 4. The van der Waals surface area contributed by atoms with E-state index in [2.05, 4.69) is 0 Å². The van der Waals surface area contributed by atoms with Crippen molar-refractivity contribution in [1.82, 2.24) is 0 Å². The highest BCUT2D eigenvalue weighted by molar-refractivity contribution is 4.87. The van der Waals surface area contributed by atoms with E-state index in [-0.39, 0.29) is 18.6 Å². The Morgan fingerprint density at radius 3 is 2.25 bits per heavy atom. The van der Waals surface area contributed by atoms with Crippen LogP contribution in [0.5, 0.6) is 0 Å². The predicted octanol–water partition coefficient (Wildman–Crippen LogP) is -0.876. The molecule has 0 aromatic heterocycles. The van der Waals surface area contributed by atoms with Crippen molar-refractivity contribution >= 4 is 0 Å². The van der Waals surface area contributed by atoms with Crippen molar-refractivity contribution in [2.45, 2.75) is 38.3 Å². The molecule has 4 nitrogen and oxygen atoms in total. The molecule has 1 fully saturated rings. The molecule has 0 amide bonds. The molecule has 0 aromatic rings. The molecule has 0 aromatic carbocycles. The predicted molar refractivity (Wildman–Crippen MR) is 42.6 cm³/mol. The van der Waals surface area contributed by atoms with Crippen molar-refractivity contribution < 1.29 is 20.1 Å². The standard InChI is InChI=1S/C8H16O4/c1-4-6(3-9)12-5(2)8(11)7(4)10/h4-11H,3H2,1-2H3/t4-,5+,6-,7+,8+/m1/s1. The third-order valence-corrected chi connectivity index (χ3v) is 2.53. The van der Waals surface area contributed by atoms with Gasteiger partial charge in [0, 0.05) is 5.92 Å². The van der Waals surface area contributed by atoms with Gasteiger partial charge in [-0.2, -0.15) is 0 Å². The summed E-state index contributed by atoms with van der Waals surface area (Å²) >= 11 is 0. The van der Waals surface area contributed by atoms with Crippen molar-refractivity contribution in [3.8, 4) is 0 Å². The van der Waals surface area contributed by atoms with Crippen LogP contribution < -0.4 is 0 Å². The fraction of sp³-hybridized carbons (Fsp3) is 1.00. The molecule has 72 valence electrons. The average molecular weight is 176 g/mol.